The van der Waals surface area contributed by atoms with Crippen molar-refractivity contribution in [1.29, 1.82) is 0 Å². The topological polar surface area (TPSA) is 42.4 Å². The summed E-state index contributed by atoms with van der Waals surface area (Å²) in [6.45, 7) is 6.56. The number of nitrogens with zero attached hydrogens (tertiary/aromatic N) is 1. The summed E-state index contributed by atoms with van der Waals surface area (Å²) >= 11 is 0. The largest absolute Gasteiger partial charge is 0.492 e. The van der Waals surface area contributed by atoms with Crippen molar-refractivity contribution < 1.29 is 9.84 Å². The molecule has 1 atom stereocenters. The lowest BCUT2D eigenvalue weighted by Gasteiger charge is -2.14. The molecule has 0 saturated carbocycles. The standard InChI is InChI=1S/C16H19NO2/c1-4-19-15-8-14(9-17-10-15)16(18)13-6-11(2)5-12(3)7-13/h5-10,16,18H,4H2,1-3H3. The number of aryl methyl sites for hydroxylation is 2. The SMILES string of the molecule is CCOc1cncc(C(O)c2cc(C)cc(C)c2)c1. The summed E-state index contributed by atoms with van der Waals surface area (Å²) in [6.07, 6.45) is 2.65. The summed E-state index contributed by atoms with van der Waals surface area (Å²) in [4.78, 5) is 4.11. The summed E-state index contributed by atoms with van der Waals surface area (Å²) in [5.74, 6) is 0.684. The van der Waals surface area contributed by atoms with Crippen LogP contribution in [0.15, 0.2) is 36.7 Å². The van der Waals surface area contributed by atoms with Crippen LogP contribution in [-0.4, -0.2) is 16.7 Å². The molecule has 0 aliphatic rings. The zero-order chi connectivity index (χ0) is 13.8. The minimum Gasteiger partial charge on any atom is -0.492 e. The molecule has 0 amide bonds. The van der Waals surface area contributed by atoms with Gasteiger partial charge in [0.2, 0.25) is 0 Å². The molecule has 1 N–H and O–H groups in total. The molecule has 0 bridgehead atoms. The van der Waals surface area contributed by atoms with E-state index in [4.69, 9.17) is 4.74 Å². The number of hydrogen-bond donors (Lipinski definition) is 1. The van der Waals surface area contributed by atoms with E-state index >= 15 is 0 Å². The number of rotatable bonds is 4. The van der Waals surface area contributed by atoms with Gasteiger partial charge >= 0.3 is 0 Å². The molecular formula is C16H19NO2. The smallest absolute Gasteiger partial charge is 0.137 e. The average Bonchev–Trinajstić information content (AvgIpc) is 2.37. The fraction of sp³-hybridized carbons (Fsp3) is 0.312. The molecule has 2 aromatic rings. The molecule has 0 aliphatic carbocycles. The molecule has 100 valence electrons. The second-order valence-corrected chi connectivity index (χ2v) is 4.71. The first-order valence-electron chi connectivity index (χ1n) is 6.44. The number of hydrogen-bond acceptors (Lipinski definition) is 3. The van der Waals surface area contributed by atoms with Gasteiger partial charge in [0, 0.05) is 11.8 Å². The van der Waals surface area contributed by atoms with E-state index in [1.165, 1.54) is 0 Å². The molecule has 0 spiro atoms. The number of benzene rings is 1. The minimum atomic E-state index is -0.675. The normalized spacial score (nSPS) is 12.2. The van der Waals surface area contributed by atoms with Crippen LogP contribution in [0.5, 0.6) is 5.75 Å². The molecule has 1 aromatic carbocycles. The van der Waals surface area contributed by atoms with Gasteiger partial charge in [-0.15, -0.1) is 0 Å². The fourth-order valence-corrected chi connectivity index (χ4v) is 2.19. The second-order valence-electron chi connectivity index (χ2n) is 4.71. The van der Waals surface area contributed by atoms with E-state index < -0.39 is 6.10 Å². The molecule has 1 aromatic heterocycles. The Morgan fingerprint density at radius 3 is 2.37 bits per heavy atom. The second kappa shape index (κ2) is 5.85. The maximum atomic E-state index is 10.4. The van der Waals surface area contributed by atoms with Gasteiger partial charge in [0.15, 0.2) is 0 Å². The maximum Gasteiger partial charge on any atom is 0.137 e. The monoisotopic (exact) mass is 257 g/mol. The van der Waals surface area contributed by atoms with Gasteiger partial charge in [-0.3, -0.25) is 4.98 Å². The Labute approximate surface area is 113 Å². The van der Waals surface area contributed by atoms with E-state index in [1.54, 1.807) is 12.4 Å². The fourth-order valence-electron chi connectivity index (χ4n) is 2.19. The van der Waals surface area contributed by atoms with Crippen LogP contribution in [0.1, 0.15) is 35.3 Å². The molecular weight excluding hydrogens is 238 g/mol. The predicted molar refractivity (Wildman–Crippen MR) is 75.4 cm³/mol. The first-order chi connectivity index (χ1) is 9.10. The highest BCUT2D eigenvalue weighted by atomic mass is 16.5. The van der Waals surface area contributed by atoms with Gasteiger partial charge in [-0.2, -0.15) is 0 Å². The minimum absolute atomic E-state index is 0.588. The quantitative estimate of drug-likeness (QED) is 0.914. The average molecular weight is 257 g/mol. The molecule has 0 radical (unpaired) electrons. The molecule has 19 heavy (non-hydrogen) atoms. The van der Waals surface area contributed by atoms with Crippen LogP contribution in [0.25, 0.3) is 0 Å². The van der Waals surface area contributed by atoms with Crippen molar-refractivity contribution in [1.82, 2.24) is 4.98 Å². The van der Waals surface area contributed by atoms with Crippen molar-refractivity contribution in [2.24, 2.45) is 0 Å². The van der Waals surface area contributed by atoms with Gasteiger partial charge < -0.3 is 9.84 Å². The lowest BCUT2D eigenvalue weighted by atomic mass is 9.99. The van der Waals surface area contributed by atoms with Crippen molar-refractivity contribution in [3.63, 3.8) is 0 Å². The van der Waals surface area contributed by atoms with Crippen LogP contribution >= 0.6 is 0 Å². The first kappa shape index (κ1) is 13.6. The highest BCUT2D eigenvalue weighted by Gasteiger charge is 2.12. The molecule has 3 nitrogen and oxygen atoms in total. The zero-order valence-corrected chi connectivity index (χ0v) is 11.6. The molecule has 2 rings (SSSR count). The first-order valence-corrected chi connectivity index (χ1v) is 6.44. The van der Waals surface area contributed by atoms with E-state index in [0.717, 1.165) is 22.3 Å². The van der Waals surface area contributed by atoms with Crippen molar-refractivity contribution >= 4 is 0 Å². The Bertz CT molecular complexity index is 546. The van der Waals surface area contributed by atoms with Crippen LogP contribution in [0.2, 0.25) is 0 Å². The third-order valence-corrected chi connectivity index (χ3v) is 2.92. The van der Waals surface area contributed by atoms with Crippen molar-refractivity contribution in [3.05, 3.63) is 58.9 Å². The van der Waals surface area contributed by atoms with Gasteiger partial charge in [0.25, 0.3) is 0 Å². The van der Waals surface area contributed by atoms with Gasteiger partial charge in [-0.05, 0) is 32.4 Å². The van der Waals surface area contributed by atoms with Crippen LogP contribution in [0.3, 0.4) is 0 Å². The van der Waals surface area contributed by atoms with Gasteiger partial charge in [0.05, 0.1) is 12.8 Å². The molecule has 0 saturated heterocycles. The summed E-state index contributed by atoms with van der Waals surface area (Å²) in [7, 11) is 0. The number of pyridine rings is 1. The highest BCUT2D eigenvalue weighted by Crippen LogP contribution is 2.25. The van der Waals surface area contributed by atoms with Crippen LogP contribution in [0, 0.1) is 13.8 Å². The Kier molecular flexibility index (Phi) is 4.17. The summed E-state index contributed by atoms with van der Waals surface area (Å²) in [5, 5.41) is 10.4. The maximum absolute atomic E-state index is 10.4. The third kappa shape index (κ3) is 3.32. The van der Waals surface area contributed by atoms with Gasteiger partial charge in [0.1, 0.15) is 11.9 Å². The summed E-state index contributed by atoms with van der Waals surface area (Å²) in [6, 6.07) is 7.90. The highest BCUT2D eigenvalue weighted by molar-refractivity contribution is 5.36. The van der Waals surface area contributed by atoms with E-state index in [2.05, 4.69) is 11.1 Å². The Morgan fingerprint density at radius 2 is 1.74 bits per heavy atom. The number of ether oxygens (including phenoxy) is 1. The number of aliphatic hydroxyl groups is 1. The van der Waals surface area contributed by atoms with Crippen LogP contribution in [0.4, 0.5) is 0 Å². The van der Waals surface area contributed by atoms with Crippen molar-refractivity contribution in [2.45, 2.75) is 26.9 Å². The number of aliphatic hydroxyl groups excluding tert-OH is 1. The van der Waals surface area contributed by atoms with E-state index in [0.29, 0.717) is 12.4 Å². The lowest BCUT2D eigenvalue weighted by molar-refractivity contribution is 0.218. The Balaban J connectivity index is 2.32. The predicted octanol–water partition coefficient (Wildman–Crippen LogP) is 3.18. The zero-order valence-electron chi connectivity index (χ0n) is 11.6. The molecule has 1 heterocycles. The number of aromatic nitrogens is 1. The van der Waals surface area contributed by atoms with Gasteiger partial charge in [-0.25, -0.2) is 0 Å². The van der Waals surface area contributed by atoms with Crippen molar-refractivity contribution in [2.75, 3.05) is 6.61 Å². The van der Waals surface area contributed by atoms with Crippen molar-refractivity contribution in [3.8, 4) is 5.75 Å². The summed E-state index contributed by atoms with van der Waals surface area (Å²) < 4.78 is 5.41. The van der Waals surface area contributed by atoms with Crippen LogP contribution in [-0.2, 0) is 0 Å². The molecule has 3 heteroatoms. The molecule has 0 fully saturated rings. The Morgan fingerprint density at radius 1 is 1.05 bits per heavy atom. The Hall–Kier alpha value is -1.87. The third-order valence-electron chi connectivity index (χ3n) is 2.92. The van der Waals surface area contributed by atoms with Crippen LogP contribution < -0.4 is 4.74 Å². The van der Waals surface area contributed by atoms with Gasteiger partial charge in [-0.1, -0.05) is 29.3 Å². The lowest BCUT2D eigenvalue weighted by Crippen LogP contribution is -2.02. The molecule has 0 aliphatic heterocycles. The van der Waals surface area contributed by atoms with E-state index in [1.807, 2.05) is 39.0 Å². The summed E-state index contributed by atoms with van der Waals surface area (Å²) in [5.41, 5.74) is 3.91. The van der Waals surface area contributed by atoms with E-state index in [-0.39, 0.29) is 0 Å². The van der Waals surface area contributed by atoms with E-state index in [9.17, 15) is 5.11 Å². The molecule has 1 unspecified atom stereocenters.